The standard InChI is InChI=1S/C36H40F6N2O2/c1-24(26-9-5-3-6-10-26)34(46)17-19-44(20-18-34)31-13-15-33(16-14-31,28-11-7-4-8-12-28)32(45)43-25(2)27-21-29(35(37,38)39)23-30(22-27)36(40,41)42/h3-12,21-25,31,46H,13-20H2,1-2H3,(H,43,45)/t24?,25?,31-,33-. The lowest BCUT2D eigenvalue weighted by Crippen LogP contribution is -2.54. The van der Waals surface area contributed by atoms with Gasteiger partial charge in [0.2, 0.25) is 5.91 Å². The van der Waals surface area contributed by atoms with Crippen LogP contribution in [0.1, 0.15) is 92.1 Å². The second-order valence-electron chi connectivity index (χ2n) is 13.0. The maximum Gasteiger partial charge on any atom is 0.416 e. The summed E-state index contributed by atoms with van der Waals surface area (Å²) in [6.07, 6.45) is -6.40. The summed E-state index contributed by atoms with van der Waals surface area (Å²) >= 11 is 0. The fourth-order valence-electron chi connectivity index (χ4n) is 7.27. The Bertz CT molecular complexity index is 1440. The highest BCUT2D eigenvalue weighted by Gasteiger charge is 2.46. The molecule has 248 valence electrons. The Hall–Kier alpha value is -3.37. The van der Waals surface area contributed by atoms with Crippen LogP contribution in [0.15, 0.2) is 78.9 Å². The molecule has 0 bridgehead atoms. The van der Waals surface area contributed by atoms with Crippen LogP contribution in [0.2, 0.25) is 0 Å². The van der Waals surface area contributed by atoms with Crippen molar-refractivity contribution < 1.29 is 36.2 Å². The van der Waals surface area contributed by atoms with Crippen LogP contribution in [0.25, 0.3) is 0 Å². The monoisotopic (exact) mass is 646 g/mol. The van der Waals surface area contributed by atoms with Gasteiger partial charge in [0.25, 0.3) is 0 Å². The predicted molar refractivity (Wildman–Crippen MR) is 164 cm³/mol. The highest BCUT2D eigenvalue weighted by Crippen LogP contribution is 2.44. The van der Waals surface area contributed by atoms with Crippen molar-refractivity contribution in [3.8, 4) is 0 Å². The van der Waals surface area contributed by atoms with Crippen LogP contribution in [0.5, 0.6) is 0 Å². The Morgan fingerprint density at radius 3 is 1.78 bits per heavy atom. The van der Waals surface area contributed by atoms with Crippen molar-refractivity contribution in [1.29, 1.82) is 0 Å². The number of hydrogen-bond donors (Lipinski definition) is 2. The average Bonchev–Trinajstić information content (AvgIpc) is 3.04. The second kappa shape index (κ2) is 13.0. The fourth-order valence-corrected chi connectivity index (χ4v) is 7.27. The van der Waals surface area contributed by atoms with Crippen molar-refractivity contribution >= 4 is 5.91 Å². The van der Waals surface area contributed by atoms with Crippen molar-refractivity contribution in [3.05, 3.63) is 107 Å². The van der Waals surface area contributed by atoms with Gasteiger partial charge in [-0.15, -0.1) is 0 Å². The molecule has 0 radical (unpaired) electrons. The van der Waals surface area contributed by atoms with E-state index in [1.807, 2.05) is 60.7 Å². The molecule has 5 rings (SSSR count). The molecule has 2 aliphatic rings. The number of carbonyl (C=O) groups excluding carboxylic acids is 1. The number of nitrogens with zero attached hydrogens (tertiary/aromatic N) is 1. The number of alkyl halides is 6. The van der Waals surface area contributed by atoms with Gasteiger partial charge in [0.05, 0.1) is 28.2 Å². The Morgan fingerprint density at radius 1 is 0.783 bits per heavy atom. The zero-order valence-electron chi connectivity index (χ0n) is 26.0. The lowest BCUT2D eigenvalue weighted by molar-refractivity contribution is -0.143. The molecule has 3 aromatic rings. The molecule has 1 saturated heterocycles. The highest BCUT2D eigenvalue weighted by atomic mass is 19.4. The van der Waals surface area contributed by atoms with Crippen molar-refractivity contribution in [2.45, 2.75) is 93.7 Å². The molecular weight excluding hydrogens is 606 g/mol. The third-order valence-corrected chi connectivity index (χ3v) is 10.3. The van der Waals surface area contributed by atoms with Gasteiger partial charge in [0, 0.05) is 25.0 Å². The Kier molecular flexibility index (Phi) is 9.62. The van der Waals surface area contributed by atoms with E-state index in [0.29, 0.717) is 50.7 Å². The van der Waals surface area contributed by atoms with E-state index in [-0.39, 0.29) is 23.6 Å². The zero-order valence-corrected chi connectivity index (χ0v) is 26.0. The average molecular weight is 647 g/mol. The number of benzene rings is 3. The van der Waals surface area contributed by atoms with Gasteiger partial charge in [-0.05, 0) is 80.3 Å². The molecule has 10 heteroatoms. The third-order valence-electron chi connectivity index (χ3n) is 10.3. The maximum atomic E-state index is 14.0. The smallest absolute Gasteiger partial charge is 0.389 e. The summed E-state index contributed by atoms with van der Waals surface area (Å²) in [5, 5.41) is 14.3. The summed E-state index contributed by atoms with van der Waals surface area (Å²) in [7, 11) is 0. The molecular formula is C36H40F6N2O2. The van der Waals surface area contributed by atoms with E-state index in [1.54, 1.807) is 0 Å². The molecule has 2 fully saturated rings. The highest BCUT2D eigenvalue weighted by molar-refractivity contribution is 5.88. The van der Waals surface area contributed by atoms with Crippen LogP contribution in [0, 0.1) is 0 Å². The van der Waals surface area contributed by atoms with Gasteiger partial charge in [-0.3, -0.25) is 4.79 Å². The number of amides is 1. The van der Waals surface area contributed by atoms with Crippen LogP contribution in [0.3, 0.4) is 0 Å². The van der Waals surface area contributed by atoms with E-state index in [4.69, 9.17) is 0 Å². The number of piperidine rings is 1. The number of carbonyl (C=O) groups is 1. The van der Waals surface area contributed by atoms with Crippen LogP contribution >= 0.6 is 0 Å². The fraction of sp³-hybridized carbons (Fsp3) is 0.472. The summed E-state index contributed by atoms with van der Waals surface area (Å²) in [6.45, 7) is 4.90. The molecule has 46 heavy (non-hydrogen) atoms. The molecule has 3 aromatic carbocycles. The van der Waals surface area contributed by atoms with E-state index < -0.39 is 46.4 Å². The zero-order chi connectivity index (χ0) is 33.3. The predicted octanol–water partition coefficient (Wildman–Crippen LogP) is 8.41. The lowest BCUT2D eigenvalue weighted by Gasteiger charge is -2.48. The third kappa shape index (κ3) is 7.13. The van der Waals surface area contributed by atoms with Gasteiger partial charge in [0.1, 0.15) is 0 Å². The summed E-state index contributed by atoms with van der Waals surface area (Å²) in [5.74, 6) is -0.428. The van der Waals surface area contributed by atoms with E-state index in [2.05, 4.69) is 17.1 Å². The largest absolute Gasteiger partial charge is 0.416 e. The number of likely N-dealkylation sites (tertiary alicyclic amines) is 1. The van der Waals surface area contributed by atoms with E-state index >= 15 is 0 Å². The Labute approximate surface area is 265 Å². The first-order chi connectivity index (χ1) is 21.6. The summed E-state index contributed by atoms with van der Waals surface area (Å²) < 4.78 is 81.1. The molecule has 1 aliphatic carbocycles. The molecule has 2 atom stereocenters. The van der Waals surface area contributed by atoms with Gasteiger partial charge in [-0.1, -0.05) is 67.6 Å². The number of halogens is 6. The molecule has 0 spiro atoms. The van der Waals surface area contributed by atoms with Crippen molar-refractivity contribution in [1.82, 2.24) is 10.2 Å². The van der Waals surface area contributed by atoms with Crippen LogP contribution in [0.4, 0.5) is 26.3 Å². The van der Waals surface area contributed by atoms with Gasteiger partial charge in [-0.25, -0.2) is 0 Å². The van der Waals surface area contributed by atoms with E-state index in [1.165, 1.54) is 6.92 Å². The normalized spacial score (nSPS) is 23.8. The van der Waals surface area contributed by atoms with Crippen LogP contribution in [-0.2, 0) is 22.6 Å². The van der Waals surface area contributed by atoms with Gasteiger partial charge in [-0.2, -0.15) is 26.3 Å². The van der Waals surface area contributed by atoms with Crippen LogP contribution in [-0.4, -0.2) is 40.6 Å². The first-order valence-corrected chi connectivity index (χ1v) is 15.8. The van der Waals surface area contributed by atoms with Crippen molar-refractivity contribution in [2.75, 3.05) is 13.1 Å². The Balaban J connectivity index is 1.31. The minimum absolute atomic E-state index is 0.0114. The Morgan fingerprint density at radius 2 is 1.28 bits per heavy atom. The number of nitrogens with one attached hydrogen (secondary N) is 1. The minimum Gasteiger partial charge on any atom is -0.389 e. The van der Waals surface area contributed by atoms with Crippen molar-refractivity contribution in [2.24, 2.45) is 0 Å². The molecule has 4 nitrogen and oxygen atoms in total. The minimum atomic E-state index is -4.98. The molecule has 1 amide bonds. The van der Waals surface area contributed by atoms with E-state index in [0.717, 1.165) is 24.2 Å². The van der Waals surface area contributed by atoms with E-state index in [9.17, 15) is 36.2 Å². The molecule has 2 unspecified atom stereocenters. The quantitative estimate of drug-likeness (QED) is 0.254. The van der Waals surface area contributed by atoms with Crippen molar-refractivity contribution in [3.63, 3.8) is 0 Å². The molecule has 1 saturated carbocycles. The number of hydrogen-bond acceptors (Lipinski definition) is 3. The molecule has 2 N–H and O–H groups in total. The summed E-state index contributed by atoms with van der Waals surface area (Å²) in [4.78, 5) is 16.4. The molecule has 1 heterocycles. The summed E-state index contributed by atoms with van der Waals surface area (Å²) in [5.41, 5.74) is -3.03. The summed E-state index contributed by atoms with van der Waals surface area (Å²) in [6, 6.07) is 19.7. The van der Waals surface area contributed by atoms with Crippen LogP contribution < -0.4 is 5.32 Å². The van der Waals surface area contributed by atoms with Gasteiger partial charge >= 0.3 is 12.4 Å². The van der Waals surface area contributed by atoms with Gasteiger partial charge in [0.15, 0.2) is 0 Å². The van der Waals surface area contributed by atoms with Gasteiger partial charge < -0.3 is 15.3 Å². The lowest BCUT2D eigenvalue weighted by atomic mass is 9.66. The first-order valence-electron chi connectivity index (χ1n) is 15.8. The SMILES string of the molecule is CC(NC(=O)[C@]1(c2ccccc2)CC[C@@H](N2CCC(O)(C(C)c3ccccc3)CC2)CC1)c1cc(C(F)(F)F)cc(C(F)(F)F)c1. The first kappa shape index (κ1) is 34.0. The number of rotatable bonds is 7. The maximum absolute atomic E-state index is 14.0. The molecule has 0 aromatic heterocycles. The topological polar surface area (TPSA) is 52.6 Å². The molecule has 1 aliphatic heterocycles. The second-order valence-corrected chi connectivity index (χ2v) is 13.0. The number of aliphatic hydroxyl groups is 1.